The Morgan fingerprint density at radius 2 is 1.96 bits per heavy atom. The molecule has 2 fully saturated rings. The normalized spacial score (nSPS) is 27.2. The third kappa shape index (κ3) is 2.95. The highest BCUT2D eigenvalue weighted by Crippen LogP contribution is 2.47. The van der Waals surface area contributed by atoms with Gasteiger partial charge in [-0.3, -0.25) is 4.79 Å². The van der Waals surface area contributed by atoms with Crippen LogP contribution in [0.5, 0.6) is 0 Å². The maximum Gasteiger partial charge on any atom is 0.499 e. The Morgan fingerprint density at radius 3 is 2.50 bits per heavy atom. The van der Waals surface area contributed by atoms with Crippen molar-refractivity contribution < 1.29 is 23.2 Å². The van der Waals surface area contributed by atoms with Crippen LogP contribution in [-0.4, -0.2) is 35.9 Å². The van der Waals surface area contributed by atoms with Crippen molar-refractivity contribution in [2.45, 2.75) is 58.2 Å². The molecule has 5 nitrogen and oxygen atoms in total. The largest absolute Gasteiger partial charge is 0.499 e. The molecule has 2 heterocycles. The van der Waals surface area contributed by atoms with Gasteiger partial charge in [0.1, 0.15) is 0 Å². The van der Waals surface area contributed by atoms with Crippen LogP contribution in [0.2, 0.25) is 0 Å². The number of rotatable bonds is 4. The second kappa shape index (κ2) is 5.81. The zero-order valence-corrected chi connectivity index (χ0v) is 14.8. The minimum Gasteiger partial charge on any atom is -0.466 e. The van der Waals surface area contributed by atoms with Crippen LogP contribution in [0.4, 0.5) is 4.39 Å². The van der Waals surface area contributed by atoms with Crippen LogP contribution in [-0.2, 0) is 18.8 Å². The smallest absolute Gasteiger partial charge is 0.466 e. The molecule has 1 aliphatic carbocycles. The van der Waals surface area contributed by atoms with Crippen LogP contribution < -0.4 is 5.46 Å². The molecular weight excluding hydrogens is 312 g/mol. The van der Waals surface area contributed by atoms with Gasteiger partial charge in [0.15, 0.2) is 0 Å². The van der Waals surface area contributed by atoms with Gasteiger partial charge in [-0.05, 0) is 47.1 Å². The second-order valence-corrected chi connectivity index (χ2v) is 7.41. The Hall–Kier alpha value is -1.47. The number of hydrogen-bond acceptors (Lipinski definition) is 5. The average molecular weight is 335 g/mol. The van der Waals surface area contributed by atoms with E-state index in [-0.39, 0.29) is 23.3 Å². The topological polar surface area (TPSA) is 57.7 Å². The van der Waals surface area contributed by atoms with E-state index in [1.807, 2.05) is 27.7 Å². The summed E-state index contributed by atoms with van der Waals surface area (Å²) in [6, 6.07) is 3.38. The summed E-state index contributed by atoms with van der Waals surface area (Å²) >= 11 is 0. The number of esters is 1. The molecule has 24 heavy (non-hydrogen) atoms. The molecule has 0 N–H and O–H groups in total. The Morgan fingerprint density at radius 1 is 1.33 bits per heavy atom. The van der Waals surface area contributed by atoms with Gasteiger partial charge in [-0.1, -0.05) is 6.07 Å². The Kier molecular flexibility index (Phi) is 4.20. The zero-order chi connectivity index (χ0) is 17.7. The van der Waals surface area contributed by atoms with Gasteiger partial charge in [0.25, 0.3) is 0 Å². The second-order valence-electron chi connectivity index (χ2n) is 7.41. The lowest BCUT2D eigenvalue weighted by atomic mass is 9.80. The first-order valence-corrected chi connectivity index (χ1v) is 8.35. The van der Waals surface area contributed by atoms with E-state index in [1.165, 1.54) is 0 Å². The lowest BCUT2D eigenvalue weighted by Crippen LogP contribution is -2.41. The lowest BCUT2D eigenvalue weighted by molar-refractivity contribution is -0.144. The molecule has 3 rings (SSSR count). The maximum atomic E-state index is 14.5. The van der Waals surface area contributed by atoms with Gasteiger partial charge >= 0.3 is 13.1 Å². The van der Waals surface area contributed by atoms with Gasteiger partial charge in [0.05, 0.1) is 23.7 Å². The maximum absolute atomic E-state index is 14.5. The number of hydrogen-bond donors (Lipinski definition) is 0. The van der Waals surface area contributed by atoms with Gasteiger partial charge in [0.2, 0.25) is 5.95 Å². The van der Waals surface area contributed by atoms with Crippen LogP contribution in [0, 0.1) is 11.9 Å². The van der Waals surface area contributed by atoms with E-state index in [0.29, 0.717) is 18.7 Å². The summed E-state index contributed by atoms with van der Waals surface area (Å²) in [5.41, 5.74) is -0.209. The first kappa shape index (κ1) is 17.4. The Bertz CT molecular complexity index is 648. The van der Waals surface area contributed by atoms with Crippen molar-refractivity contribution in [1.29, 1.82) is 0 Å². The van der Waals surface area contributed by atoms with E-state index in [2.05, 4.69) is 4.98 Å². The number of nitrogens with zero attached hydrogens (tertiary/aromatic N) is 1. The van der Waals surface area contributed by atoms with Crippen molar-refractivity contribution in [3.63, 3.8) is 0 Å². The van der Waals surface area contributed by atoms with Crippen LogP contribution in [0.3, 0.4) is 0 Å². The first-order chi connectivity index (χ1) is 11.2. The molecule has 0 bridgehead atoms. The molecule has 1 aliphatic heterocycles. The summed E-state index contributed by atoms with van der Waals surface area (Å²) in [6.07, 6.45) is 0.654. The molecule has 2 atom stereocenters. The summed E-state index contributed by atoms with van der Waals surface area (Å²) in [7, 11) is -0.781. The van der Waals surface area contributed by atoms with Crippen LogP contribution in [0.25, 0.3) is 0 Å². The monoisotopic (exact) mass is 335 g/mol. The van der Waals surface area contributed by atoms with E-state index in [0.717, 1.165) is 0 Å². The third-order valence-corrected chi connectivity index (χ3v) is 5.17. The minimum absolute atomic E-state index is 0.0640. The van der Waals surface area contributed by atoms with Crippen LogP contribution in [0.1, 0.15) is 52.7 Å². The highest BCUT2D eigenvalue weighted by Gasteiger charge is 2.53. The molecule has 0 spiro atoms. The number of ether oxygens (including phenoxy) is 1. The van der Waals surface area contributed by atoms with E-state index < -0.39 is 24.3 Å². The third-order valence-electron chi connectivity index (χ3n) is 5.17. The van der Waals surface area contributed by atoms with Gasteiger partial charge in [-0.2, -0.15) is 4.39 Å². The van der Waals surface area contributed by atoms with E-state index in [1.54, 1.807) is 19.1 Å². The molecule has 1 aromatic rings. The fourth-order valence-corrected chi connectivity index (χ4v) is 2.84. The fraction of sp³-hybridized carbons (Fsp3) is 0.647. The lowest BCUT2D eigenvalue weighted by Gasteiger charge is -2.32. The predicted octanol–water partition coefficient (Wildman–Crippen LogP) is 2.19. The summed E-state index contributed by atoms with van der Waals surface area (Å²) in [6.45, 7) is 9.79. The van der Waals surface area contributed by atoms with Gasteiger partial charge in [0, 0.05) is 17.1 Å². The number of carbonyl (C=O) groups excluding carboxylic acids is 1. The molecule has 0 amide bonds. The van der Waals surface area contributed by atoms with Crippen LogP contribution >= 0.6 is 0 Å². The molecule has 1 saturated carbocycles. The first-order valence-electron chi connectivity index (χ1n) is 8.35. The van der Waals surface area contributed by atoms with Crippen molar-refractivity contribution in [3.8, 4) is 0 Å². The molecular formula is C17H23BFNO4. The molecule has 7 heteroatoms. The molecule has 0 unspecified atom stereocenters. The summed E-state index contributed by atoms with van der Waals surface area (Å²) in [4.78, 5) is 15.7. The van der Waals surface area contributed by atoms with Gasteiger partial charge in [-0.25, -0.2) is 4.98 Å². The molecule has 130 valence electrons. The standard InChI is InChI=1S/C17H23BFNO4/c1-6-22-15(21)11-9-10(11)13-8-7-12(14(19)20-13)18-23-16(2,3)17(4,5)24-18/h7-8,10-11H,6,9H2,1-5H3/t10-,11-/m0/s1. The molecule has 1 aromatic heterocycles. The predicted molar refractivity (Wildman–Crippen MR) is 87.4 cm³/mol. The molecule has 1 saturated heterocycles. The van der Waals surface area contributed by atoms with E-state index in [9.17, 15) is 9.18 Å². The highest BCUT2D eigenvalue weighted by atomic mass is 19.1. The summed E-state index contributed by atoms with van der Waals surface area (Å²) in [5, 5.41) is 0. The van der Waals surface area contributed by atoms with E-state index in [4.69, 9.17) is 14.0 Å². The number of carbonyl (C=O) groups is 1. The van der Waals surface area contributed by atoms with Crippen molar-refractivity contribution in [1.82, 2.24) is 4.98 Å². The highest BCUT2D eigenvalue weighted by molar-refractivity contribution is 6.62. The Labute approximate surface area is 142 Å². The van der Waals surface area contributed by atoms with Gasteiger partial charge in [-0.15, -0.1) is 0 Å². The fourth-order valence-electron chi connectivity index (χ4n) is 2.84. The molecule has 0 aromatic carbocycles. The average Bonchev–Trinajstić information content (AvgIpc) is 3.22. The van der Waals surface area contributed by atoms with Crippen molar-refractivity contribution >= 4 is 18.6 Å². The SMILES string of the molecule is CCOC(=O)[C@H]1C[C@@H]1c1ccc(B2OC(C)(C)C(C)(C)O2)c(F)n1. The zero-order valence-electron chi connectivity index (χ0n) is 14.8. The number of aromatic nitrogens is 1. The number of halogens is 1. The van der Waals surface area contributed by atoms with Crippen molar-refractivity contribution in [2.24, 2.45) is 5.92 Å². The van der Waals surface area contributed by atoms with Crippen LogP contribution in [0.15, 0.2) is 12.1 Å². The summed E-state index contributed by atoms with van der Waals surface area (Å²) < 4.78 is 31.2. The Balaban J connectivity index is 1.74. The number of pyridine rings is 1. The van der Waals surface area contributed by atoms with Crippen molar-refractivity contribution in [2.75, 3.05) is 6.61 Å². The summed E-state index contributed by atoms with van der Waals surface area (Å²) in [5.74, 6) is -1.12. The quantitative estimate of drug-likeness (QED) is 0.480. The van der Waals surface area contributed by atoms with E-state index >= 15 is 0 Å². The minimum atomic E-state index is -0.781. The molecule has 0 radical (unpaired) electrons. The van der Waals surface area contributed by atoms with Crippen molar-refractivity contribution in [3.05, 3.63) is 23.8 Å². The van der Waals surface area contributed by atoms with Gasteiger partial charge < -0.3 is 14.0 Å². The molecule has 2 aliphatic rings.